The number of thiazole rings is 1. The normalized spacial score (nSPS) is 11.7. The van der Waals surface area contributed by atoms with Crippen LogP contribution >= 0.6 is 57.9 Å². The minimum atomic E-state index is -0.359. The summed E-state index contributed by atoms with van der Waals surface area (Å²) in [5.74, 6) is -0.281. The van der Waals surface area contributed by atoms with E-state index >= 15 is 0 Å². The molecule has 1 aromatic heterocycles. The summed E-state index contributed by atoms with van der Waals surface area (Å²) in [6.07, 6.45) is 0.258. The predicted molar refractivity (Wildman–Crippen MR) is 152 cm³/mol. The fourth-order valence-corrected chi connectivity index (χ4v) is 5.44. The average Bonchev–Trinajstić information content (AvgIpc) is 3.29. The molecule has 0 saturated heterocycles. The number of nitrogens with zero attached hydrogens (tertiary/aromatic N) is 1. The maximum absolute atomic E-state index is 12.7. The van der Waals surface area contributed by atoms with Gasteiger partial charge in [0.2, 0.25) is 11.8 Å². The van der Waals surface area contributed by atoms with Gasteiger partial charge in [-0.25, -0.2) is 4.98 Å². The van der Waals surface area contributed by atoms with Crippen LogP contribution in [0.3, 0.4) is 0 Å². The van der Waals surface area contributed by atoms with Gasteiger partial charge in [-0.3, -0.25) is 9.59 Å². The molecule has 2 N–H and O–H groups in total. The van der Waals surface area contributed by atoms with E-state index in [1.165, 1.54) is 23.1 Å². The van der Waals surface area contributed by atoms with Crippen molar-refractivity contribution in [3.8, 4) is 11.3 Å². The van der Waals surface area contributed by atoms with Gasteiger partial charge in [-0.2, -0.15) is 0 Å². The van der Waals surface area contributed by atoms with Crippen LogP contribution in [0.2, 0.25) is 15.1 Å². The number of nitrogens with one attached hydrogen (secondary N) is 2. The fourth-order valence-electron chi connectivity index (χ4n) is 3.23. The van der Waals surface area contributed by atoms with Crippen LogP contribution in [-0.2, 0) is 16.0 Å². The molecule has 4 rings (SSSR count). The molecule has 3 aromatic carbocycles. The van der Waals surface area contributed by atoms with Gasteiger partial charge in [-0.05, 0) is 67.1 Å². The van der Waals surface area contributed by atoms with Crippen molar-refractivity contribution in [3.05, 3.63) is 92.7 Å². The third kappa shape index (κ3) is 7.24. The van der Waals surface area contributed by atoms with E-state index in [1.807, 2.05) is 48.7 Å². The third-order valence-electron chi connectivity index (χ3n) is 5.04. The van der Waals surface area contributed by atoms with Gasteiger partial charge in [0.05, 0.1) is 22.4 Å². The number of hydrogen-bond acceptors (Lipinski definition) is 5. The number of benzene rings is 3. The van der Waals surface area contributed by atoms with Crippen LogP contribution in [0.5, 0.6) is 0 Å². The molecule has 184 valence electrons. The van der Waals surface area contributed by atoms with E-state index in [0.29, 0.717) is 31.6 Å². The highest BCUT2D eigenvalue weighted by Crippen LogP contribution is 2.33. The van der Waals surface area contributed by atoms with Crippen molar-refractivity contribution in [2.24, 2.45) is 0 Å². The Balaban J connectivity index is 1.29. The molecule has 5 nitrogen and oxygen atoms in total. The Morgan fingerprint density at radius 1 is 0.944 bits per heavy atom. The lowest BCUT2D eigenvalue weighted by Gasteiger charge is -2.11. The molecule has 36 heavy (non-hydrogen) atoms. The van der Waals surface area contributed by atoms with Crippen LogP contribution in [0.1, 0.15) is 12.5 Å². The van der Waals surface area contributed by atoms with Crippen molar-refractivity contribution >= 4 is 80.5 Å². The molecule has 0 aliphatic heterocycles. The van der Waals surface area contributed by atoms with Gasteiger partial charge in [-0.1, -0.05) is 46.9 Å². The predicted octanol–water partition coefficient (Wildman–Crippen LogP) is 8.07. The van der Waals surface area contributed by atoms with Crippen LogP contribution in [0.25, 0.3) is 11.3 Å². The number of amides is 2. The summed E-state index contributed by atoms with van der Waals surface area (Å²) >= 11 is 20.8. The highest BCUT2D eigenvalue weighted by molar-refractivity contribution is 8.00. The molecule has 4 aromatic rings. The second kappa shape index (κ2) is 12.1. The summed E-state index contributed by atoms with van der Waals surface area (Å²) in [6, 6.07) is 19.7. The van der Waals surface area contributed by atoms with Crippen LogP contribution in [0, 0.1) is 0 Å². The lowest BCUT2D eigenvalue weighted by atomic mass is 10.1. The summed E-state index contributed by atoms with van der Waals surface area (Å²) in [5.41, 5.74) is 2.99. The maximum atomic E-state index is 12.7. The summed E-state index contributed by atoms with van der Waals surface area (Å²) in [5, 5.41) is 9.39. The Kier molecular flexibility index (Phi) is 8.93. The van der Waals surface area contributed by atoms with Crippen molar-refractivity contribution in [1.82, 2.24) is 4.98 Å². The molecule has 0 saturated carbocycles. The van der Waals surface area contributed by atoms with E-state index < -0.39 is 0 Å². The van der Waals surface area contributed by atoms with Crippen LogP contribution in [0.15, 0.2) is 77.0 Å². The Hall–Kier alpha value is -2.55. The van der Waals surface area contributed by atoms with Crippen molar-refractivity contribution in [2.45, 2.75) is 23.5 Å². The first kappa shape index (κ1) is 26.5. The minimum absolute atomic E-state index is 0.117. The summed E-state index contributed by atoms with van der Waals surface area (Å²) in [7, 11) is 0. The second-order valence-corrected chi connectivity index (χ2v) is 11.3. The van der Waals surface area contributed by atoms with E-state index in [9.17, 15) is 9.59 Å². The van der Waals surface area contributed by atoms with E-state index in [2.05, 4.69) is 15.6 Å². The number of rotatable bonds is 8. The number of hydrogen-bond donors (Lipinski definition) is 2. The summed E-state index contributed by atoms with van der Waals surface area (Å²) in [4.78, 5) is 30.4. The average molecular weight is 577 g/mol. The van der Waals surface area contributed by atoms with E-state index in [0.717, 1.165) is 16.0 Å². The Bertz CT molecular complexity index is 1380. The molecule has 0 radical (unpaired) electrons. The molecule has 0 bridgehead atoms. The first-order valence-corrected chi connectivity index (χ1v) is 13.7. The van der Waals surface area contributed by atoms with Gasteiger partial charge in [0.1, 0.15) is 0 Å². The monoisotopic (exact) mass is 575 g/mol. The number of aromatic nitrogens is 1. The van der Waals surface area contributed by atoms with Crippen molar-refractivity contribution in [2.75, 3.05) is 10.6 Å². The van der Waals surface area contributed by atoms with E-state index in [4.69, 9.17) is 34.8 Å². The maximum Gasteiger partial charge on any atom is 0.239 e. The molecular formula is C26H20Cl3N3O2S2. The minimum Gasteiger partial charge on any atom is -0.326 e. The number of halogens is 3. The molecule has 2 amide bonds. The standard InChI is InChI=1S/C26H20Cl3N3O2S2/c1-15(25(34)32-26-31-23(14-35-26)21-11-6-18(28)13-22(21)29)36-20-9-7-19(8-10-20)30-24(33)12-16-2-4-17(27)5-3-16/h2-11,13-15H,12H2,1H3,(H,30,33)(H,31,32,34). The second-order valence-electron chi connectivity index (χ2n) is 7.79. The Morgan fingerprint density at radius 2 is 1.64 bits per heavy atom. The zero-order chi connectivity index (χ0) is 25.7. The van der Waals surface area contributed by atoms with Gasteiger partial charge in [0.25, 0.3) is 0 Å². The largest absolute Gasteiger partial charge is 0.326 e. The first-order chi connectivity index (χ1) is 17.3. The van der Waals surface area contributed by atoms with Gasteiger partial charge in [0, 0.05) is 31.6 Å². The third-order valence-corrected chi connectivity index (χ3v) is 7.71. The lowest BCUT2D eigenvalue weighted by molar-refractivity contribution is -0.116. The molecule has 0 spiro atoms. The Morgan fingerprint density at radius 3 is 2.33 bits per heavy atom. The summed E-state index contributed by atoms with van der Waals surface area (Å²) < 4.78 is 0. The quantitative estimate of drug-likeness (QED) is 0.208. The van der Waals surface area contributed by atoms with Gasteiger partial charge in [0.15, 0.2) is 5.13 Å². The van der Waals surface area contributed by atoms with Crippen molar-refractivity contribution in [1.29, 1.82) is 0 Å². The molecule has 1 atom stereocenters. The van der Waals surface area contributed by atoms with Crippen molar-refractivity contribution < 1.29 is 9.59 Å². The summed E-state index contributed by atoms with van der Waals surface area (Å²) in [6.45, 7) is 1.83. The molecule has 0 aliphatic carbocycles. The zero-order valence-corrected chi connectivity index (χ0v) is 22.8. The smallest absolute Gasteiger partial charge is 0.239 e. The van der Waals surface area contributed by atoms with Crippen LogP contribution in [-0.4, -0.2) is 22.0 Å². The first-order valence-electron chi connectivity index (χ1n) is 10.8. The molecular weight excluding hydrogens is 557 g/mol. The molecule has 0 aliphatic rings. The lowest BCUT2D eigenvalue weighted by Crippen LogP contribution is -2.22. The molecule has 10 heteroatoms. The number of carbonyl (C=O) groups is 2. The number of carbonyl (C=O) groups excluding carboxylic acids is 2. The van der Waals surface area contributed by atoms with E-state index in [-0.39, 0.29) is 23.5 Å². The zero-order valence-electron chi connectivity index (χ0n) is 18.9. The number of anilines is 2. The Labute approximate surface area is 232 Å². The fraction of sp³-hybridized carbons (Fsp3) is 0.115. The van der Waals surface area contributed by atoms with Gasteiger partial charge >= 0.3 is 0 Å². The molecule has 1 unspecified atom stereocenters. The van der Waals surface area contributed by atoms with Gasteiger partial charge in [-0.15, -0.1) is 23.1 Å². The SMILES string of the molecule is CC(Sc1ccc(NC(=O)Cc2ccc(Cl)cc2)cc1)C(=O)Nc1nc(-c2ccc(Cl)cc2Cl)cs1. The highest BCUT2D eigenvalue weighted by atomic mass is 35.5. The molecule has 0 fully saturated rings. The van der Waals surface area contributed by atoms with Crippen LogP contribution < -0.4 is 10.6 Å². The topological polar surface area (TPSA) is 71.1 Å². The highest BCUT2D eigenvalue weighted by Gasteiger charge is 2.17. The van der Waals surface area contributed by atoms with Crippen LogP contribution in [0.4, 0.5) is 10.8 Å². The number of thioether (sulfide) groups is 1. The van der Waals surface area contributed by atoms with E-state index in [1.54, 1.807) is 30.3 Å². The van der Waals surface area contributed by atoms with Gasteiger partial charge < -0.3 is 10.6 Å². The van der Waals surface area contributed by atoms with Crippen molar-refractivity contribution in [3.63, 3.8) is 0 Å². The molecule has 1 heterocycles.